The lowest BCUT2D eigenvalue weighted by atomic mass is 9.86. The number of rotatable bonds is 5. The van der Waals surface area contributed by atoms with Crippen LogP contribution in [0.4, 0.5) is 0 Å². The third kappa shape index (κ3) is 2.71. The molecular weight excluding hydrogens is 284 g/mol. The summed E-state index contributed by atoms with van der Waals surface area (Å²) in [4.78, 5) is 27.2. The summed E-state index contributed by atoms with van der Waals surface area (Å²) in [6.07, 6.45) is 1.90. The molecule has 21 heavy (non-hydrogen) atoms. The number of amides is 2. The fourth-order valence-corrected chi connectivity index (χ4v) is 3.83. The molecule has 116 valence electrons. The van der Waals surface area contributed by atoms with Crippen LogP contribution in [0.5, 0.6) is 0 Å². The maximum atomic E-state index is 13.0. The molecule has 0 aromatic carbocycles. The molecule has 1 aromatic rings. The summed E-state index contributed by atoms with van der Waals surface area (Å²) < 4.78 is 0. The maximum absolute atomic E-state index is 13.0. The topological polar surface area (TPSA) is 49.4 Å². The Hall–Kier alpha value is -1.36. The number of carbonyl (C=O) groups is 2. The molecule has 0 aliphatic carbocycles. The van der Waals surface area contributed by atoms with Gasteiger partial charge in [0, 0.05) is 6.54 Å². The molecule has 1 aliphatic rings. The van der Waals surface area contributed by atoms with Crippen molar-refractivity contribution in [3.8, 4) is 0 Å². The second-order valence-corrected chi connectivity index (χ2v) is 6.46. The second kappa shape index (κ2) is 6.18. The number of carbonyl (C=O) groups excluding carboxylic acids is 2. The van der Waals surface area contributed by atoms with Crippen LogP contribution in [0, 0.1) is 6.92 Å². The number of aryl methyl sites for hydroxylation is 1. The summed E-state index contributed by atoms with van der Waals surface area (Å²) >= 11 is 1.64. The van der Waals surface area contributed by atoms with Gasteiger partial charge in [0.15, 0.2) is 0 Å². The van der Waals surface area contributed by atoms with E-state index in [9.17, 15) is 9.59 Å². The Kier molecular flexibility index (Phi) is 4.71. The molecule has 0 saturated carbocycles. The highest BCUT2D eigenvalue weighted by Gasteiger charge is 2.48. The van der Waals surface area contributed by atoms with Crippen molar-refractivity contribution in [3.63, 3.8) is 0 Å². The van der Waals surface area contributed by atoms with Gasteiger partial charge in [0.05, 0.1) is 0 Å². The number of nitrogens with zero attached hydrogens (tertiary/aromatic N) is 1. The minimum atomic E-state index is -0.729. The predicted molar refractivity (Wildman–Crippen MR) is 85.1 cm³/mol. The minimum Gasteiger partial charge on any atom is -0.340 e. The van der Waals surface area contributed by atoms with E-state index in [4.69, 9.17) is 0 Å². The van der Waals surface area contributed by atoms with Crippen molar-refractivity contribution in [1.82, 2.24) is 10.2 Å². The molecule has 4 nitrogen and oxygen atoms in total. The molecule has 0 radical (unpaired) electrons. The molecule has 1 unspecified atom stereocenters. The molecule has 0 bridgehead atoms. The number of hydrogen-bond donors (Lipinski definition) is 1. The van der Waals surface area contributed by atoms with Crippen LogP contribution in [-0.2, 0) is 16.1 Å². The molecule has 1 aliphatic heterocycles. The lowest BCUT2D eigenvalue weighted by Gasteiger charge is -2.45. The van der Waals surface area contributed by atoms with E-state index < -0.39 is 5.54 Å². The fraction of sp³-hybridized carbons (Fsp3) is 0.625. The summed E-state index contributed by atoms with van der Waals surface area (Å²) in [5, 5.41) is 7.13. The summed E-state index contributed by atoms with van der Waals surface area (Å²) in [5.74, 6) is 0.0400. The van der Waals surface area contributed by atoms with Gasteiger partial charge >= 0.3 is 0 Å². The SMILES string of the molecule is CCC1C(=O)NC(CC)(CC)C(=O)N1Cc1cscc1C. The van der Waals surface area contributed by atoms with Crippen molar-refractivity contribution in [2.45, 2.75) is 65.1 Å². The van der Waals surface area contributed by atoms with Crippen LogP contribution < -0.4 is 5.32 Å². The monoisotopic (exact) mass is 308 g/mol. The van der Waals surface area contributed by atoms with Gasteiger partial charge in [-0.3, -0.25) is 9.59 Å². The first-order valence-electron chi connectivity index (χ1n) is 7.63. The van der Waals surface area contributed by atoms with Crippen LogP contribution >= 0.6 is 11.3 Å². The van der Waals surface area contributed by atoms with Crippen molar-refractivity contribution in [1.29, 1.82) is 0 Å². The van der Waals surface area contributed by atoms with E-state index in [2.05, 4.69) is 16.1 Å². The smallest absolute Gasteiger partial charge is 0.249 e. The second-order valence-electron chi connectivity index (χ2n) is 5.72. The first kappa shape index (κ1) is 16.0. The Balaban J connectivity index is 2.35. The Morgan fingerprint density at radius 3 is 2.38 bits per heavy atom. The van der Waals surface area contributed by atoms with Crippen LogP contribution in [0.1, 0.15) is 51.2 Å². The molecule has 0 spiro atoms. The highest BCUT2D eigenvalue weighted by molar-refractivity contribution is 7.08. The fourth-order valence-electron chi connectivity index (χ4n) is 2.98. The largest absolute Gasteiger partial charge is 0.340 e. The number of nitrogens with one attached hydrogen (secondary N) is 1. The zero-order valence-electron chi connectivity index (χ0n) is 13.2. The molecule has 1 fully saturated rings. The zero-order valence-corrected chi connectivity index (χ0v) is 14.0. The molecule has 2 amide bonds. The molecule has 5 heteroatoms. The quantitative estimate of drug-likeness (QED) is 0.909. The van der Waals surface area contributed by atoms with Gasteiger partial charge in [0.2, 0.25) is 11.8 Å². The zero-order chi connectivity index (χ0) is 15.6. The lowest BCUT2D eigenvalue weighted by Crippen LogP contribution is -2.69. The number of hydrogen-bond acceptors (Lipinski definition) is 3. The van der Waals surface area contributed by atoms with E-state index in [1.165, 1.54) is 5.56 Å². The van der Waals surface area contributed by atoms with Gasteiger partial charge in [0.1, 0.15) is 11.6 Å². The standard InChI is InChI=1S/C16H24N2O2S/c1-5-13-14(19)17-16(6-2,7-3)15(20)18(13)8-12-10-21-9-11(12)4/h9-10,13H,5-8H2,1-4H3,(H,17,19). The Morgan fingerprint density at radius 2 is 1.90 bits per heavy atom. The number of thiophene rings is 1. The van der Waals surface area contributed by atoms with E-state index in [1.54, 1.807) is 16.2 Å². The van der Waals surface area contributed by atoms with Gasteiger partial charge < -0.3 is 10.2 Å². The Bertz CT molecular complexity index is 534. The van der Waals surface area contributed by atoms with Crippen molar-refractivity contribution in [2.24, 2.45) is 0 Å². The summed E-state index contributed by atoms with van der Waals surface area (Å²) in [5.41, 5.74) is 1.60. The highest BCUT2D eigenvalue weighted by Crippen LogP contribution is 2.28. The van der Waals surface area contributed by atoms with Gasteiger partial charge in [-0.25, -0.2) is 0 Å². The van der Waals surface area contributed by atoms with Gasteiger partial charge in [-0.05, 0) is 48.1 Å². The van der Waals surface area contributed by atoms with Crippen LogP contribution in [-0.4, -0.2) is 28.3 Å². The molecule has 1 saturated heterocycles. The summed E-state index contributed by atoms with van der Waals surface area (Å²) in [6, 6.07) is -0.358. The van der Waals surface area contributed by atoms with E-state index in [-0.39, 0.29) is 17.9 Å². The normalized spacial score (nSPS) is 21.5. The third-order valence-corrected chi connectivity index (χ3v) is 5.52. The van der Waals surface area contributed by atoms with E-state index in [0.29, 0.717) is 25.8 Å². The summed E-state index contributed by atoms with van der Waals surface area (Å²) in [6.45, 7) is 8.45. The van der Waals surface area contributed by atoms with Crippen molar-refractivity contribution >= 4 is 23.2 Å². The molecule has 1 atom stereocenters. The van der Waals surface area contributed by atoms with E-state index in [1.807, 2.05) is 27.7 Å². The van der Waals surface area contributed by atoms with Gasteiger partial charge in [-0.2, -0.15) is 11.3 Å². The minimum absolute atomic E-state index is 0.0197. The first-order valence-corrected chi connectivity index (χ1v) is 8.58. The maximum Gasteiger partial charge on any atom is 0.249 e. The van der Waals surface area contributed by atoms with Gasteiger partial charge in [-0.1, -0.05) is 20.8 Å². The molecule has 1 aromatic heterocycles. The third-order valence-electron chi connectivity index (χ3n) is 4.61. The Labute approximate surface area is 130 Å². The van der Waals surface area contributed by atoms with Crippen LogP contribution in [0.2, 0.25) is 0 Å². The molecular formula is C16H24N2O2S. The lowest BCUT2D eigenvalue weighted by molar-refractivity contribution is -0.156. The van der Waals surface area contributed by atoms with Gasteiger partial charge in [-0.15, -0.1) is 0 Å². The van der Waals surface area contributed by atoms with Gasteiger partial charge in [0.25, 0.3) is 0 Å². The number of piperazine rings is 1. The average molecular weight is 308 g/mol. The average Bonchev–Trinajstić information content (AvgIpc) is 2.88. The Morgan fingerprint density at radius 1 is 1.24 bits per heavy atom. The van der Waals surface area contributed by atoms with Crippen molar-refractivity contribution < 1.29 is 9.59 Å². The van der Waals surface area contributed by atoms with Crippen molar-refractivity contribution in [2.75, 3.05) is 0 Å². The van der Waals surface area contributed by atoms with Crippen molar-refractivity contribution in [3.05, 3.63) is 21.9 Å². The van der Waals surface area contributed by atoms with E-state index in [0.717, 1.165) is 5.56 Å². The van der Waals surface area contributed by atoms with Crippen LogP contribution in [0.25, 0.3) is 0 Å². The molecule has 1 N–H and O–H groups in total. The summed E-state index contributed by atoms with van der Waals surface area (Å²) in [7, 11) is 0. The predicted octanol–water partition coefficient (Wildman–Crippen LogP) is 2.85. The highest BCUT2D eigenvalue weighted by atomic mass is 32.1. The van der Waals surface area contributed by atoms with Crippen LogP contribution in [0.3, 0.4) is 0 Å². The van der Waals surface area contributed by atoms with Crippen LogP contribution in [0.15, 0.2) is 10.8 Å². The van der Waals surface area contributed by atoms with E-state index >= 15 is 0 Å². The first-order chi connectivity index (χ1) is 9.99. The molecule has 2 heterocycles. The molecule has 2 rings (SSSR count).